The number of ether oxygens (including phenoxy) is 1. The number of hydrogen-bond donors (Lipinski definition) is 1. The van der Waals surface area contributed by atoms with Gasteiger partial charge in [0.25, 0.3) is 0 Å². The Morgan fingerprint density at radius 1 is 1.26 bits per heavy atom. The molecule has 6 heteroatoms. The second-order valence-electron chi connectivity index (χ2n) is 4.53. The first kappa shape index (κ1) is 13.7. The second kappa shape index (κ2) is 5.11. The Kier molecular flexibility index (Phi) is 3.68. The number of hydrogen-bond acceptors (Lipinski definition) is 2. The van der Waals surface area contributed by atoms with Crippen LogP contribution >= 0.6 is 0 Å². The molecular formula is C13H13F3O3. The summed E-state index contributed by atoms with van der Waals surface area (Å²) in [5.74, 6) is -1.52. The molecule has 19 heavy (non-hydrogen) atoms. The highest BCUT2D eigenvalue weighted by atomic mass is 19.4. The predicted octanol–water partition coefficient (Wildman–Crippen LogP) is 3.73. The smallest absolute Gasteiger partial charge is 0.417 e. The molecule has 1 aromatic carbocycles. The lowest BCUT2D eigenvalue weighted by molar-refractivity contribution is -0.138. The molecule has 1 saturated carbocycles. The van der Waals surface area contributed by atoms with Crippen LogP contribution in [0.4, 0.5) is 13.2 Å². The topological polar surface area (TPSA) is 46.5 Å². The van der Waals surface area contributed by atoms with E-state index in [1.54, 1.807) is 0 Å². The third-order valence-corrected chi connectivity index (χ3v) is 3.13. The number of carboxylic acid groups (broad SMARTS) is 1. The van der Waals surface area contributed by atoms with Crippen molar-refractivity contribution < 1.29 is 27.8 Å². The fourth-order valence-corrected chi connectivity index (χ4v) is 2.22. The van der Waals surface area contributed by atoms with Crippen LogP contribution in [0.1, 0.15) is 41.6 Å². The molecular weight excluding hydrogens is 261 g/mol. The summed E-state index contributed by atoms with van der Waals surface area (Å²) >= 11 is 0. The number of carbonyl (C=O) groups is 1. The molecule has 1 N–H and O–H groups in total. The normalized spacial score (nSPS) is 16.6. The molecule has 0 heterocycles. The molecule has 3 nitrogen and oxygen atoms in total. The van der Waals surface area contributed by atoms with Crippen molar-refractivity contribution in [2.75, 3.05) is 0 Å². The number of alkyl halides is 3. The minimum Gasteiger partial charge on any atom is -0.490 e. The maximum absolute atomic E-state index is 12.8. The van der Waals surface area contributed by atoms with E-state index in [1.165, 1.54) is 6.07 Å². The van der Waals surface area contributed by atoms with Gasteiger partial charge in [0.05, 0.1) is 17.2 Å². The summed E-state index contributed by atoms with van der Waals surface area (Å²) in [6.45, 7) is 0. The number of aromatic carboxylic acids is 1. The van der Waals surface area contributed by atoms with Crippen LogP contribution in [0.3, 0.4) is 0 Å². The summed E-state index contributed by atoms with van der Waals surface area (Å²) in [4.78, 5) is 10.8. The molecule has 0 bridgehead atoms. The van der Waals surface area contributed by atoms with Gasteiger partial charge in [0.2, 0.25) is 0 Å². The molecule has 0 unspecified atom stereocenters. The highest BCUT2D eigenvalue weighted by Crippen LogP contribution is 2.35. The lowest BCUT2D eigenvalue weighted by Crippen LogP contribution is -2.15. The first-order chi connectivity index (χ1) is 8.88. The molecule has 1 aliphatic rings. The van der Waals surface area contributed by atoms with Crippen LogP contribution in [0.5, 0.6) is 5.75 Å². The van der Waals surface area contributed by atoms with E-state index in [0.29, 0.717) is 0 Å². The van der Waals surface area contributed by atoms with Gasteiger partial charge in [-0.25, -0.2) is 4.79 Å². The molecule has 1 aliphatic carbocycles. The first-order valence-electron chi connectivity index (χ1n) is 5.99. The van der Waals surface area contributed by atoms with Gasteiger partial charge >= 0.3 is 12.1 Å². The minimum absolute atomic E-state index is 0.0724. The van der Waals surface area contributed by atoms with E-state index in [9.17, 15) is 18.0 Å². The Labute approximate surface area is 108 Å². The highest BCUT2D eigenvalue weighted by Gasteiger charge is 2.36. The van der Waals surface area contributed by atoms with Gasteiger partial charge in [0.1, 0.15) is 5.75 Å². The lowest BCUT2D eigenvalue weighted by Gasteiger charge is -2.16. The van der Waals surface area contributed by atoms with E-state index in [-0.39, 0.29) is 11.9 Å². The minimum atomic E-state index is -4.71. The van der Waals surface area contributed by atoms with Crippen molar-refractivity contribution in [1.82, 2.24) is 0 Å². The van der Waals surface area contributed by atoms with Crippen LogP contribution in [-0.4, -0.2) is 17.2 Å². The van der Waals surface area contributed by atoms with Crippen LogP contribution in [0.25, 0.3) is 0 Å². The second-order valence-corrected chi connectivity index (χ2v) is 4.53. The van der Waals surface area contributed by atoms with Gasteiger partial charge in [-0.1, -0.05) is 0 Å². The zero-order valence-corrected chi connectivity index (χ0v) is 10.0. The van der Waals surface area contributed by atoms with Crippen LogP contribution < -0.4 is 4.74 Å². The summed E-state index contributed by atoms with van der Waals surface area (Å²) in [6.07, 6.45) is -1.13. The van der Waals surface area contributed by atoms with Gasteiger partial charge in [0.15, 0.2) is 0 Å². The summed E-state index contributed by atoms with van der Waals surface area (Å²) in [6, 6.07) is 2.98. The monoisotopic (exact) mass is 274 g/mol. The Hall–Kier alpha value is -1.72. The van der Waals surface area contributed by atoms with E-state index >= 15 is 0 Å². The van der Waals surface area contributed by atoms with E-state index in [2.05, 4.69) is 0 Å². The third-order valence-electron chi connectivity index (χ3n) is 3.13. The number of rotatable bonds is 3. The van der Waals surface area contributed by atoms with Crippen molar-refractivity contribution in [2.24, 2.45) is 0 Å². The van der Waals surface area contributed by atoms with Gasteiger partial charge in [-0.2, -0.15) is 13.2 Å². The number of carboxylic acids is 1. The van der Waals surface area contributed by atoms with Crippen molar-refractivity contribution >= 4 is 5.97 Å². The van der Waals surface area contributed by atoms with Crippen LogP contribution in [0.2, 0.25) is 0 Å². The van der Waals surface area contributed by atoms with Crippen molar-refractivity contribution in [3.8, 4) is 5.75 Å². The van der Waals surface area contributed by atoms with E-state index in [4.69, 9.17) is 9.84 Å². The maximum atomic E-state index is 12.8. The number of halogens is 3. The van der Waals surface area contributed by atoms with Gasteiger partial charge in [-0.15, -0.1) is 0 Å². The maximum Gasteiger partial charge on any atom is 0.417 e. The largest absolute Gasteiger partial charge is 0.490 e. The van der Waals surface area contributed by atoms with Gasteiger partial charge in [-0.05, 0) is 43.9 Å². The Morgan fingerprint density at radius 3 is 2.42 bits per heavy atom. The Bertz CT molecular complexity index is 477. The summed E-state index contributed by atoms with van der Waals surface area (Å²) in [5.41, 5.74) is -1.93. The standard InChI is InChI=1S/C13H13F3O3/c14-13(15,16)11-7-9(5-6-10(11)12(17)18)19-8-3-1-2-4-8/h5-8H,1-4H2,(H,17,18). The van der Waals surface area contributed by atoms with Gasteiger partial charge < -0.3 is 9.84 Å². The molecule has 0 spiro atoms. The van der Waals surface area contributed by atoms with E-state index in [1.807, 2.05) is 0 Å². The molecule has 1 aromatic rings. The molecule has 104 valence electrons. The van der Waals surface area contributed by atoms with Crippen molar-refractivity contribution in [1.29, 1.82) is 0 Å². The van der Waals surface area contributed by atoms with Crippen LogP contribution in [0.15, 0.2) is 18.2 Å². The quantitative estimate of drug-likeness (QED) is 0.913. The molecule has 0 amide bonds. The lowest BCUT2D eigenvalue weighted by atomic mass is 10.1. The SMILES string of the molecule is O=C(O)c1ccc(OC2CCCC2)cc1C(F)(F)F. The summed E-state index contributed by atoms with van der Waals surface area (Å²) in [5, 5.41) is 8.76. The molecule has 0 aromatic heterocycles. The average Bonchev–Trinajstić information content (AvgIpc) is 2.80. The molecule has 0 radical (unpaired) electrons. The van der Waals surface area contributed by atoms with Crippen LogP contribution in [0, 0.1) is 0 Å². The average molecular weight is 274 g/mol. The fourth-order valence-electron chi connectivity index (χ4n) is 2.22. The molecule has 1 fully saturated rings. The summed E-state index contributed by atoms with van der Waals surface area (Å²) < 4.78 is 43.8. The van der Waals surface area contributed by atoms with Gasteiger partial charge in [-0.3, -0.25) is 0 Å². The summed E-state index contributed by atoms with van der Waals surface area (Å²) in [7, 11) is 0. The molecule has 2 rings (SSSR count). The Balaban J connectivity index is 2.29. The van der Waals surface area contributed by atoms with E-state index in [0.717, 1.165) is 37.8 Å². The zero-order chi connectivity index (χ0) is 14.0. The highest BCUT2D eigenvalue weighted by molar-refractivity contribution is 5.89. The molecule has 0 saturated heterocycles. The van der Waals surface area contributed by atoms with Crippen molar-refractivity contribution in [3.63, 3.8) is 0 Å². The van der Waals surface area contributed by atoms with Crippen LogP contribution in [-0.2, 0) is 6.18 Å². The van der Waals surface area contributed by atoms with Crippen molar-refractivity contribution in [3.05, 3.63) is 29.3 Å². The van der Waals surface area contributed by atoms with Crippen molar-refractivity contribution in [2.45, 2.75) is 38.0 Å². The van der Waals surface area contributed by atoms with E-state index < -0.39 is 23.3 Å². The molecule has 0 aliphatic heterocycles. The number of benzene rings is 1. The third kappa shape index (κ3) is 3.19. The zero-order valence-electron chi connectivity index (χ0n) is 10.0. The predicted molar refractivity (Wildman–Crippen MR) is 61.3 cm³/mol. The fraction of sp³-hybridized carbons (Fsp3) is 0.462. The molecule has 0 atom stereocenters. The van der Waals surface area contributed by atoms with Gasteiger partial charge in [0, 0.05) is 0 Å². The first-order valence-corrected chi connectivity index (χ1v) is 5.99. The Morgan fingerprint density at radius 2 is 1.89 bits per heavy atom.